The molecule has 0 unspecified atom stereocenters. The number of hydrogen-bond acceptors (Lipinski definition) is 6. The molecule has 3 N–H and O–H groups in total. The standard InChI is InChI=1S/C7H10N4O2S/c8-6-1-10-7(2-9-6)11-5-3-14(12,13)4-5/h1-2,5H,3-4H2,(H2,8,9)(H,10,11). The predicted molar refractivity (Wildman–Crippen MR) is 52.5 cm³/mol. The van der Waals surface area contributed by atoms with E-state index in [1.165, 1.54) is 12.4 Å². The summed E-state index contributed by atoms with van der Waals surface area (Å²) in [6.45, 7) is 0. The third-order valence-corrected chi connectivity index (χ3v) is 3.75. The molecule has 0 aliphatic carbocycles. The van der Waals surface area contributed by atoms with E-state index in [1.54, 1.807) is 0 Å². The molecule has 0 radical (unpaired) electrons. The number of nitrogens with one attached hydrogen (secondary N) is 1. The Kier molecular flexibility index (Phi) is 2.03. The maximum Gasteiger partial charge on any atom is 0.154 e. The van der Waals surface area contributed by atoms with E-state index < -0.39 is 9.84 Å². The van der Waals surface area contributed by atoms with Crippen molar-refractivity contribution >= 4 is 21.5 Å². The van der Waals surface area contributed by atoms with E-state index in [0.717, 1.165) is 0 Å². The fourth-order valence-electron chi connectivity index (χ4n) is 1.27. The third kappa shape index (κ3) is 1.92. The number of nitrogens with zero attached hydrogens (tertiary/aromatic N) is 2. The van der Waals surface area contributed by atoms with Gasteiger partial charge in [-0.3, -0.25) is 0 Å². The molecule has 1 saturated heterocycles. The molecule has 6 nitrogen and oxygen atoms in total. The zero-order chi connectivity index (χ0) is 10.2. The highest BCUT2D eigenvalue weighted by Crippen LogP contribution is 2.15. The molecule has 0 aromatic carbocycles. The van der Waals surface area contributed by atoms with Gasteiger partial charge in [0.25, 0.3) is 0 Å². The average molecular weight is 214 g/mol. The molecule has 1 fully saturated rings. The van der Waals surface area contributed by atoms with E-state index in [9.17, 15) is 8.42 Å². The molecule has 2 heterocycles. The molecule has 7 heteroatoms. The van der Waals surface area contributed by atoms with Crippen LogP contribution in [-0.4, -0.2) is 35.9 Å². The Morgan fingerprint density at radius 2 is 2.07 bits per heavy atom. The van der Waals surface area contributed by atoms with Gasteiger partial charge in [-0.25, -0.2) is 18.4 Å². The van der Waals surface area contributed by atoms with Crippen molar-refractivity contribution in [1.82, 2.24) is 9.97 Å². The Balaban J connectivity index is 1.97. The van der Waals surface area contributed by atoms with Crippen molar-refractivity contribution in [1.29, 1.82) is 0 Å². The molecule has 0 spiro atoms. The monoisotopic (exact) mass is 214 g/mol. The van der Waals surface area contributed by atoms with Crippen molar-refractivity contribution in [3.63, 3.8) is 0 Å². The van der Waals surface area contributed by atoms with E-state index in [-0.39, 0.29) is 17.5 Å². The maximum absolute atomic E-state index is 10.8. The van der Waals surface area contributed by atoms with Gasteiger partial charge in [-0.2, -0.15) is 0 Å². The fourth-order valence-corrected chi connectivity index (χ4v) is 2.56. The smallest absolute Gasteiger partial charge is 0.154 e. The number of nitrogen functional groups attached to an aromatic ring is 1. The van der Waals surface area contributed by atoms with Gasteiger partial charge in [0, 0.05) is 0 Å². The summed E-state index contributed by atoms with van der Waals surface area (Å²) in [6.07, 6.45) is 2.91. The van der Waals surface area contributed by atoms with Gasteiger partial charge >= 0.3 is 0 Å². The molecule has 1 aromatic heterocycles. The van der Waals surface area contributed by atoms with Crippen LogP contribution in [0.1, 0.15) is 0 Å². The van der Waals surface area contributed by atoms with Gasteiger partial charge in [0.2, 0.25) is 0 Å². The second-order valence-corrected chi connectivity index (χ2v) is 5.40. The number of rotatable bonds is 2. The Morgan fingerprint density at radius 3 is 2.57 bits per heavy atom. The molecular weight excluding hydrogens is 204 g/mol. The molecule has 1 aromatic rings. The first-order valence-electron chi connectivity index (χ1n) is 4.10. The molecule has 0 atom stereocenters. The van der Waals surface area contributed by atoms with Crippen molar-refractivity contribution in [2.75, 3.05) is 22.6 Å². The number of nitrogens with two attached hydrogens (primary N) is 1. The quantitative estimate of drug-likeness (QED) is 0.673. The van der Waals surface area contributed by atoms with Gasteiger partial charge in [0.1, 0.15) is 11.6 Å². The molecule has 14 heavy (non-hydrogen) atoms. The molecule has 2 rings (SSSR count). The Morgan fingerprint density at radius 1 is 1.36 bits per heavy atom. The average Bonchev–Trinajstić information content (AvgIpc) is 2.06. The van der Waals surface area contributed by atoms with Crippen LogP contribution in [0.3, 0.4) is 0 Å². The zero-order valence-corrected chi connectivity index (χ0v) is 8.16. The lowest BCUT2D eigenvalue weighted by Gasteiger charge is -2.26. The van der Waals surface area contributed by atoms with Crippen LogP contribution < -0.4 is 11.1 Å². The first kappa shape index (κ1) is 9.20. The minimum absolute atomic E-state index is 0.0436. The van der Waals surface area contributed by atoms with Gasteiger partial charge < -0.3 is 11.1 Å². The lowest BCUT2D eigenvalue weighted by atomic mass is 10.4. The van der Waals surface area contributed by atoms with Crippen LogP contribution in [0, 0.1) is 0 Å². The number of anilines is 2. The highest BCUT2D eigenvalue weighted by molar-refractivity contribution is 7.92. The molecule has 1 aliphatic heterocycles. The Bertz CT molecular complexity index is 416. The molecule has 0 amide bonds. The molecule has 1 aliphatic rings. The summed E-state index contributed by atoms with van der Waals surface area (Å²) in [5.74, 6) is 1.23. The van der Waals surface area contributed by atoms with Crippen molar-refractivity contribution in [2.45, 2.75) is 6.04 Å². The minimum atomic E-state index is -2.79. The first-order chi connectivity index (χ1) is 6.55. The van der Waals surface area contributed by atoms with Crippen LogP contribution in [0.5, 0.6) is 0 Å². The summed E-state index contributed by atoms with van der Waals surface area (Å²) >= 11 is 0. The van der Waals surface area contributed by atoms with Gasteiger partial charge in [-0.1, -0.05) is 0 Å². The van der Waals surface area contributed by atoms with E-state index in [0.29, 0.717) is 11.6 Å². The molecular formula is C7H10N4O2S. The number of aromatic nitrogens is 2. The van der Waals surface area contributed by atoms with Crippen LogP contribution in [0.2, 0.25) is 0 Å². The predicted octanol–water partition coefficient (Wildman–Crippen LogP) is -0.732. The van der Waals surface area contributed by atoms with E-state index in [1.807, 2.05) is 0 Å². The molecule has 0 saturated carbocycles. The van der Waals surface area contributed by atoms with Crippen molar-refractivity contribution < 1.29 is 8.42 Å². The summed E-state index contributed by atoms with van der Waals surface area (Å²) < 4.78 is 21.7. The molecule has 0 bridgehead atoms. The summed E-state index contributed by atoms with van der Waals surface area (Å²) in [5.41, 5.74) is 5.35. The van der Waals surface area contributed by atoms with Crippen molar-refractivity contribution in [3.05, 3.63) is 12.4 Å². The zero-order valence-electron chi connectivity index (χ0n) is 7.34. The lowest BCUT2D eigenvalue weighted by Crippen LogP contribution is -2.46. The topological polar surface area (TPSA) is 98.0 Å². The summed E-state index contributed by atoms with van der Waals surface area (Å²) in [6, 6.07) is -0.0436. The van der Waals surface area contributed by atoms with E-state index in [2.05, 4.69) is 15.3 Å². The SMILES string of the molecule is Nc1cnc(NC2CS(=O)(=O)C2)cn1. The fraction of sp³-hybridized carbons (Fsp3) is 0.429. The largest absolute Gasteiger partial charge is 0.382 e. The Labute approximate surface area is 81.5 Å². The number of hydrogen-bond donors (Lipinski definition) is 2. The van der Waals surface area contributed by atoms with Crippen LogP contribution in [0.15, 0.2) is 12.4 Å². The highest BCUT2D eigenvalue weighted by Gasteiger charge is 2.33. The third-order valence-electron chi connectivity index (χ3n) is 1.93. The second-order valence-electron chi connectivity index (χ2n) is 3.24. The van der Waals surface area contributed by atoms with Crippen LogP contribution >= 0.6 is 0 Å². The Hall–Kier alpha value is -1.37. The van der Waals surface area contributed by atoms with Crippen molar-refractivity contribution in [3.8, 4) is 0 Å². The molecule has 76 valence electrons. The summed E-state index contributed by atoms with van der Waals surface area (Å²) in [5, 5.41) is 2.95. The van der Waals surface area contributed by atoms with E-state index >= 15 is 0 Å². The van der Waals surface area contributed by atoms with Crippen LogP contribution in [0.25, 0.3) is 0 Å². The second kappa shape index (κ2) is 3.09. The minimum Gasteiger partial charge on any atom is -0.382 e. The van der Waals surface area contributed by atoms with Crippen LogP contribution in [-0.2, 0) is 9.84 Å². The highest BCUT2D eigenvalue weighted by atomic mass is 32.2. The van der Waals surface area contributed by atoms with Gasteiger partial charge in [-0.05, 0) is 0 Å². The van der Waals surface area contributed by atoms with Crippen LogP contribution in [0.4, 0.5) is 11.6 Å². The number of sulfone groups is 1. The van der Waals surface area contributed by atoms with Gasteiger partial charge in [0.15, 0.2) is 9.84 Å². The summed E-state index contributed by atoms with van der Waals surface area (Å²) in [7, 11) is -2.79. The first-order valence-corrected chi connectivity index (χ1v) is 5.92. The van der Waals surface area contributed by atoms with Gasteiger partial charge in [0.05, 0.1) is 29.9 Å². The van der Waals surface area contributed by atoms with Crippen molar-refractivity contribution in [2.24, 2.45) is 0 Å². The maximum atomic E-state index is 10.8. The van der Waals surface area contributed by atoms with Gasteiger partial charge in [-0.15, -0.1) is 0 Å². The van der Waals surface area contributed by atoms with E-state index in [4.69, 9.17) is 5.73 Å². The lowest BCUT2D eigenvalue weighted by molar-refractivity contribution is 0.570. The summed E-state index contributed by atoms with van der Waals surface area (Å²) in [4.78, 5) is 7.78. The normalized spacial score (nSPS) is 20.0.